The Labute approximate surface area is 121 Å². The molecule has 0 radical (unpaired) electrons. The average Bonchev–Trinajstić information content (AvgIpc) is 2.52. The highest BCUT2D eigenvalue weighted by Gasteiger charge is 2.04. The monoisotopic (exact) mass is 268 g/mol. The van der Waals surface area contributed by atoms with Crippen LogP contribution in [0.1, 0.15) is 31.5 Å². The molecule has 0 amide bonds. The van der Waals surface area contributed by atoms with E-state index in [9.17, 15) is 0 Å². The van der Waals surface area contributed by atoms with E-state index in [2.05, 4.69) is 61.0 Å². The van der Waals surface area contributed by atoms with Crippen molar-refractivity contribution in [3.63, 3.8) is 0 Å². The van der Waals surface area contributed by atoms with E-state index in [1.807, 2.05) is 18.2 Å². The number of aromatic nitrogens is 1. The molecule has 0 unspecified atom stereocenters. The van der Waals surface area contributed by atoms with E-state index in [4.69, 9.17) is 4.74 Å². The number of ether oxygens (including phenoxy) is 1. The van der Waals surface area contributed by atoms with Gasteiger partial charge in [0.2, 0.25) is 5.69 Å². The largest absolute Gasteiger partial charge is 0.493 e. The van der Waals surface area contributed by atoms with Crippen LogP contribution < -0.4 is 9.30 Å². The van der Waals surface area contributed by atoms with Gasteiger partial charge in [0.15, 0.2) is 6.20 Å². The Kier molecular flexibility index (Phi) is 5.36. The molecule has 2 heteroatoms. The molecule has 0 saturated heterocycles. The summed E-state index contributed by atoms with van der Waals surface area (Å²) in [6.07, 6.45) is 7.37. The Morgan fingerprint density at radius 2 is 1.80 bits per heavy atom. The predicted octanol–water partition coefficient (Wildman–Crippen LogP) is 3.95. The standard InChI is InChI=1S/C18H22NO/c1-3-15-20-18-11-6-5-9-16(18)12-13-17-10-7-8-14-19(17)4-2/h5-14H,3-4,15H2,1-2H3/q+1/b13-12+. The van der Waals surface area contributed by atoms with Crippen molar-refractivity contribution >= 4 is 12.2 Å². The number of benzene rings is 1. The van der Waals surface area contributed by atoms with Gasteiger partial charge in [0.1, 0.15) is 12.3 Å². The van der Waals surface area contributed by atoms with Gasteiger partial charge < -0.3 is 4.74 Å². The van der Waals surface area contributed by atoms with Gasteiger partial charge >= 0.3 is 0 Å². The molecule has 0 atom stereocenters. The maximum Gasteiger partial charge on any atom is 0.205 e. The van der Waals surface area contributed by atoms with Gasteiger partial charge in [0.25, 0.3) is 0 Å². The van der Waals surface area contributed by atoms with E-state index < -0.39 is 0 Å². The second kappa shape index (κ2) is 7.49. The number of hydrogen-bond acceptors (Lipinski definition) is 1. The van der Waals surface area contributed by atoms with Crippen LogP contribution in [0.4, 0.5) is 0 Å². The molecule has 0 saturated carbocycles. The second-order valence-electron chi connectivity index (χ2n) is 4.63. The van der Waals surface area contributed by atoms with E-state index in [0.717, 1.165) is 30.9 Å². The van der Waals surface area contributed by atoms with Crippen LogP contribution in [0.2, 0.25) is 0 Å². The van der Waals surface area contributed by atoms with Crippen molar-refractivity contribution in [2.24, 2.45) is 0 Å². The number of rotatable bonds is 6. The lowest BCUT2D eigenvalue weighted by Crippen LogP contribution is -2.34. The normalized spacial score (nSPS) is 10.9. The van der Waals surface area contributed by atoms with Crippen LogP contribution in [0.15, 0.2) is 48.7 Å². The molecule has 2 nitrogen and oxygen atoms in total. The molecule has 0 aliphatic carbocycles. The van der Waals surface area contributed by atoms with Gasteiger partial charge in [-0.05, 0) is 31.6 Å². The fourth-order valence-corrected chi connectivity index (χ4v) is 2.07. The van der Waals surface area contributed by atoms with Crippen LogP contribution in [-0.4, -0.2) is 6.61 Å². The summed E-state index contributed by atoms with van der Waals surface area (Å²) in [4.78, 5) is 0. The summed E-state index contributed by atoms with van der Waals surface area (Å²) >= 11 is 0. The van der Waals surface area contributed by atoms with Crippen molar-refractivity contribution in [1.82, 2.24) is 0 Å². The Morgan fingerprint density at radius 1 is 1.00 bits per heavy atom. The number of pyridine rings is 1. The predicted molar refractivity (Wildman–Crippen MR) is 83.5 cm³/mol. The Balaban J connectivity index is 2.22. The number of para-hydroxylation sites is 1. The zero-order valence-electron chi connectivity index (χ0n) is 12.3. The first kappa shape index (κ1) is 14.3. The first-order chi connectivity index (χ1) is 9.85. The summed E-state index contributed by atoms with van der Waals surface area (Å²) in [5.74, 6) is 0.949. The van der Waals surface area contributed by atoms with Gasteiger partial charge in [-0.1, -0.05) is 25.1 Å². The Morgan fingerprint density at radius 3 is 2.60 bits per heavy atom. The lowest BCUT2D eigenvalue weighted by Gasteiger charge is -2.07. The van der Waals surface area contributed by atoms with Gasteiger partial charge in [-0.2, -0.15) is 4.57 Å². The molecule has 0 aliphatic heterocycles. The van der Waals surface area contributed by atoms with Crippen molar-refractivity contribution in [3.05, 3.63) is 59.9 Å². The highest BCUT2D eigenvalue weighted by atomic mass is 16.5. The van der Waals surface area contributed by atoms with Crippen LogP contribution in [-0.2, 0) is 6.54 Å². The molecule has 1 aromatic heterocycles. The highest BCUT2D eigenvalue weighted by Crippen LogP contribution is 2.20. The number of nitrogens with zero attached hydrogens (tertiary/aromatic N) is 1. The summed E-state index contributed by atoms with van der Waals surface area (Å²) in [7, 11) is 0. The molecule has 2 aromatic rings. The zero-order chi connectivity index (χ0) is 14.2. The van der Waals surface area contributed by atoms with Gasteiger partial charge in [0.05, 0.1) is 6.61 Å². The lowest BCUT2D eigenvalue weighted by atomic mass is 10.1. The molecule has 104 valence electrons. The minimum Gasteiger partial charge on any atom is -0.493 e. The topological polar surface area (TPSA) is 13.1 Å². The van der Waals surface area contributed by atoms with Crippen molar-refractivity contribution in [2.45, 2.75) is 26.8 Å². The summed E-state index contributed by atoms with van der Waals surface area (Å²) in [6.45, 7) is 5.99. The highest BCUT2D eigenvalue weighted by molar-refractivity contribution is 5.70. The van der Waals surface area contributed by atoms with Crippen LogP contribution >= 0.6 is 0 Å². The smallest absolute Gasteiger partial charge is 0.205 e. The number of aryl methyl sites for hydroxylation is 1. The molecule has 0 aliphatic rings. The quantitative estimate of drug-likeness (QED) is 0.723. The maximum atomic E-state index is 5.77. The fraction of sp³-hybridized carbons (Fsp3) is 0.278. The fourth-order valence-electron chi connectivity index (χ4n) is 2.07. The average molecular weight is 268 g/mol. The summed E-state index contributed by atoms with van der Waals surface area (Å²) in [5.41, 5.74) is 2.31. The van der Waals surface area contributed by atoms with Crippen LogP contribution in [0.5, 0.6) is 5.75 Å². The lowest BCUT2D eigenvalue weighted by molar-refractivity contribution is -0.695. The Hall–Kier alpha value is -2.09. The van der Waals surface area contributed by atoms with E-state index in [-0.39, 0.29) is 0 Å². The van der Waals surface area contributed by atoms with Crippen LogP contribution in [0.25, 0.3) is 12.2 Å². The van der Waals surface area contributed by atoms with Gasteiger partial charge in [0, 0.05) is 23.8 Å². The molecule has 0 fully saturated rings. The van der Waals surface area contributed by atoms with Gasteiger partial charge in [-0.25, -0.2) is 0 Å². The van der Waals surface area contributed by atoms with Crippen molar-refractivity contribution in [1.29, 1.82) is 0 Å². The van der Waals surface area contributed by atoms with Crippen molar-refractivity contribution in [2.75, 3.05) is 6.61 Å². The summed E-state index contributed by atoms with van der Waals surface area (Å²) in [6, 6.07) is 14.4. The minimum absolute atomic E-state index is 0.755. The first-order valence-corrected chi connectivity index (χ1v) is 7.23. The molecular formula is C18H22NO+. The van der Waals surface area contributed by atoms with E-state index in [0.29, 0.717) is 0 Å². The Bertz CT molecular complexity index is 575. The summed E-state index contributed by atoms with van der Waals surface area (Å²) in [5, 5.41) is 0. The molecule has 1 heterocycles. The molecule has 0 spiro atoms. The van der Waals surface area contributed by atoms with Gasteiger partial charge in [-0.3, -0.25) is 0 Å². The molecule has 20 heavy (non-hydrogen) atoms. The molecular weight excluding hydrogens is 246 g/mol. The van der Waals surface area contributed by atoms with Crippen molar-refractivity contribution in [3.8, 4) is 5.75 Å². The zero-order valence-corrected chi connectivity index (χ0v) is 12.3. The molecule has 0 N–H and O–H groups in total. The van der Waals surface area contributed by atoms with Crippen LogP contribution in [0.3, 0.4) is 0 Å². The molecule has 1 aromatic carbocycles. The van der Waals surface area contributed by atoms with E-state index in [1.165, 1.54) is 5.69 Å². The minimum atomic E-state index is 0.755. The maximum absolute atomic E-state index is 5.77. The SMILES string of the molecule is CCCOc1ccccc1/C=C/c1cccc[n+]1CC. The second-order valence-corrected chi connectivity index (χ2v) is 4.63. The summed E-state index contributed by atoms with van der Waals surface area (Å²) < 4.78 is 7.99. The third-order valence-corrected chi connectivity index (χ3v) is 3.13. The molecule has 0 bridgehead atoms. The van der Waals surface area contributed by atoms with Crippen molar-refractivity contribution < 1.29 is 9.30 Å². The van der Waals surface area contributed by atoms with E-state index >= 15 is 0 Å². The third kappa shape index (κ3) is 3.70. The molecule has 2 rings (SSSR count). The third-order valence-electron chi connectivity index (χ3n) is 3.13. The first-order valence-electron chi connectivity index (χ1n) is 7.23. The number of hydrogen-bond donors (Lipinski definition) is 0. The van der Waals surface area contributed by atoms with Gasteiger partial charge in [-0.15, -0.1) is 0 Å². The van der Waals surface area contributed by atoms with Crippen LogP contribution in [0, 0.1) is 0 Å². The van der Waals surface area contributed by atoms with E-state index in [1.54, 1.807) is 0 Å².